The zero-order valence-electron chi connectivity index (χ0n) is 15.7. The van der Waals surface area contributed by atoms with Gasteiger partial charge in [0.15, 0.2) is 0 Å². The number of esters is 1. The fraction of sp³-hybridized carbons (Fsp3) is 0.857. The molecule has 2 fully saturated rings. The molecule has 0 unspecified atom stereocenters. The molecule has 0 aromatic carbocycles. The van der Waals surface area contributed by atoms with E-state index in [9.17, 15) is 4.79 Å². The summed E-state index contributed by atoms with van der Waals surface area (Å²) in [6.45, 7) is 9.38. The van der Waals surface area contributed by atoms with Crippen molar-refractivity contribution in [3.8, 4) is 0 Å². The summed E-state index contributed by atoms with van der Waals surface area (Å²) in [6.07, 6.45) is 11.0. The molecule has 0 aliphatic heterocycles. The van der Waals surface area contributed by atoms with Crippen molar-refractivity contribution in [3.05, 3.63) is 11.6 Å². The molecular formula is C21H34O2. The zero-order valence-corrected chi connectivity index (χ0v) is 15.7. The lowest BCUT2D eigenvalue weighted by atomic mass is 9.46. The second-order valence-corrected chi connectivity index (χ2v) is 9.17. The summed E-state index contributed by atoms with van der Waals surface area (Å²) in [5.41, 5.74) is 1.70. The Morgan fingerprint density at radius 3 is 2.65 bits per heavy atom. The van der Waals surface area contributed by atoms with Gasteiger partial charge in [-0.3, -0.25) is 4.79 Å². The van der Waals surface area contributed by atoms with Crippen LogP contribution in [0.2, 0.25) is 0 Å². The second kappa shape index (κ2) is 5.93. The number of carbonyl (C=O) groups is 1. The van der Waals surface area contributed by atoms with Crippen LogP contribution in [0, 0.1) is 34.5 Å². The number of hydrogen-bond acceptors (Lipinski definition) is 2. The molecule has 2 saturated carbocycles. The number of ether oxygens (including phenoxy) is 1. The molecule has 0 saturated heterocycles. The van der Waals surface area contributed by atoms with Crippen LogP contribution in [0.5, 0.6) is 0 Å². The molecule has 3 rings (SSSR count). The summed E-state index contributed by atoms with van der Waals surface area (Å²) >= 11 is 0. The van der Waals surface area contributed by atoms with Crippen LogP contribution >= 0.6 is 0 Å². The number of allylic oxidation sites excluding steroid dienone is 2. The first-order valence-electron chi connectivity index (χ1n) is 9.60. The first-order valence-corrected chi connectivity index (χ1v) is 9.60. The molecule has 0 radical (unpaired) electrons. The summed E-state index contributed by atoms with van der Waals surface area (Å²) in [6, 6.07) is 0. The molecule has 2 heteroatoms. The van der Waals surface area contributed by atoms with Gasteiger partial charge in [-0.1, -0.05) is 38.8 Å². The van der Waals surface area contributed by atoms with Gasteiger partial charge in [-0.2, -0.15) is 0 Å². The van der Waals surface area contributed by atoms with E-state index in [1.54, 1.807) is 12.7 Å². The van der Waals surface area contributed by atoms with E-state index in [-0.39, 0.29) is 16.8 Å². The van der Waals surface area contributed by atoms with Gasteiger partial charge >= 0.3 is 5.97 Å². The lowest BCUT2D eigenvalue weighted by Crippen LogP contribution is -2.53. The lowest BCUT2D eigenvalue weighted by molar-refractivity contribution is -0.166. The van der Waals surface area contributed by atoms with Crippen LogP contribution < -0.4 is 0 Å². The molecule has 0 aromatic rings. The molecule has 0 N–H and O–H groups in total. The Kier molecular flexibility index (Phi) is 4.40. The van der Waals surface area contributed by atoms with Gasteiger partial charge in [0.05, 0.1) is 12.5 Å². The van der Waals surface area contributed by atoms with E-state index in [0.717, 1.165) is 31.1 Å². The van der Waals surface area contributed by atoms with Crippen molar-refractivity contribution in [1.82, 2.24) is 0 Å². The van der Waals surface area contributed by atoms with E-state index in [1.807, 2.05) is 0 Å². The molecule has 0 aromatic heterocycles. The molecule has 0 heterocycles. The van der Waals surface area contributed by atoms with Crippen LogP contribution in [-0.2, 0) is 9.53 Å². The fourth-order valence-electron chi connectivity index (χ4n) is 6.27. The van der Waals surface area contributed by atoms with Crippen LogP contribution in [0.4, 0.5) is 0 Å². The first kappa shape index (κ1) is 17.0. The van der Waals surface area contributed by atoms with Crippen molar-refractivity contribution >= 4 is 5.97 Å². The Morgan fingerprint density at radius 2 is 2.00 bits per heavy atom. The Bertz CT molecular complexity index is 506. The van der Waals surface area contributed by atoms with Gasteiger partial charge in [-0.15, -0.1) is 0 Å². The summed E-state index contributed by atoms with van der Waals surface area (Å²) in [5, 5.41) is 0. The van der Waals surface area contributed by atoms with Gasteiger partial charge in [0.2, 0.25) is 0 Å². The maximum atomic E-state index is 12.5. The van der Waals surface area contributed by atoms with Crippen LogP contribution in [0.3, 0.4) is 0 Å². The molecule has 0 bridgehead atoms. The minimum Gasteiger partial charge on any atom is -0.469 e. The van der Waals surface area contributed by atoms with Crippen LogP contribution in [0.25, 0.3) is 0 Å². The quantitative estimate of drug-likeness (QED) is 0.505. The maximum absolute atomic E-state index is 12.5. The average Bonchev–Trinajstić information content (AvgIpc) is 2.53. The Balaban J connectivity index is 1.92. The Morgan fingerprint density at radius 1 is 1.26 bits per heavy atom. The zero-order chi connectivity index (χ0) is 16.8. The molecule has 130 valence electrons. The number of carbonyl (C=O) groups excluding carboxylic acids is 1. The van der Waals surface area contributed by atoms with Gasteiger partial charge in [-0.05, 0) is 74.5 Å². The predicted octanol–water partition coefficient (Wildman–Crippen LogP) is 5.37. The van der Waals surface area contributed by atoms with Crippen molar-refractivity contribution in [3.63, 3.8) is 0 Å². The fourth-order valence-corrected chi connectivity index (χ4v) is 6.27. The topological polar surface area (TPSA) is 26.3 Å². The number of rotatable bonds is 2. The van der Waals surface area contributed by atoms with Gasteiger partial charge in [0.1, 0.15) is 0 Å². The third kappa shape index (κ3) is 2.57. The van der Waals surface area contributed by atoms with Gasteiger partial charge < -0.3 is 4.74 Å². The van der Waals surface area contributed by atoms with E-state index in [0.29, 0.717) is 11.8 Å². The van der Waals surface area contributed by atoms with Crippen molar-refractivity contribution in [1.29, 1.82) is 0 Å². The summed E-state index contributed by atoms with van der Waals surface area (Å²) in [7, 11) is 1.55. The smallest absolute Gasteiger partial charge is 0.311 e. The summed E-state index contributed by atoms with van der Waals surface area (Å²) in [5.74, 6) is 2.80. The molecular weight excluding hydrogens is 284 g/mol. The van der Waals surface area contributed by atoms with Crippen molar-refractivity contribution < 1.29 is 9.53 Å². The molecule has 3 aliphatic carbocycles. The molecule has 0 amide bonds. The number of hydrogen-bond donors (Lipinski definition) is 0. The number of methoxy groups -OCH3 is 1. The minimum atomic E-state index is -0.293. The minimum absolute atomic E-state index is 0.0149. The average molecular weight is 319 g/mol. The van der Waals surface area contributed by atoms with Crippen LogP contribution in [0.15, 0.2) is 11.6 Å². The second-order valence-electron chi connectivity index (χ2n) is 9.17. The normalized spacial score (nSPS) is 43.4. The SMILES string of the molecule is COC(=O)[C@]1(C)CCC[C@@]2(C)[C@H]1CC=C1C[C@@H](C(C)C)CC[C@@H]12. The van der Waals surface area contributed by atoms with Crippen molar-refractivity contribution in [2.24, 2.45) is 34.5 Å². The van der Waals surface area contributed by atoms with E-state index in [1.165, 1.54) is 25.7 Å². The Hall–Kier alpha value is -0.790. The van der Waals surface area contributed by atoms with Crippen molar-refractivity contribution in [2.75, 3.05) is 7.11 Å². The van der Waals surface area contributed by atoms with E-state index in [2.05, 4.69) is 33.8 Å². The predicted molar refractivity (Wildman–Crippen MR) is 93.9 cm³/mol. The highest BCUT2D eigenvalue weighted by molar-refractivity contribution is 5.77. The molecule has 23 heavy (non-hydrogen) atoms. The third-order valence-electron chi connectivity index (χ3n) is 7.75. The van der Waals surface area contributed by atoms with Gasteiger partial charge in [-0.25, -0.2) is 0 Å². The lowest BCUT2D eigenvalue weighted by Gasteiger charge is -2.58. The monoisotopic (exact) mass is 318 g/mol. The van der Waals surface area contributed by atoms with Gasteiger partial charge in [0, 0.05) is 0 Å². The standard InChI is InChI=1S/C21H34O2/c1-14(2)15-7-9-17-16(13-15)8-10-18-20(17,3)11-6-12-21(18,4)19(22)23-5/h8,14-15,17-18H,6-7,9-13H2,1-5H3/t15-,17-,18+,20+,21+/m0/s1. The highest BCUT2D eigenvalue weighted by Gasteiger charge is 2.57. The summed E-state index contributed by atoms with van der Waals surface area (Å²) < 4.78 is 5.21. The Labute approximate surface area is 142 Å². The largest absolute Gasteiger partial charge is 0.469 e. The van der Waals surface area contributed by atoms with Crippen LogP contribution in [0.1, 0.15) is 72.6 Å². The third-order valence-corrected chi connectivity index (χ3v) is 7.75. The highest BCUT2D eigenvalue weighted by Crippen LogP contribution is 2.63. The molecule has 5 atom stereocenters. The maximum Gasteiger partial charge on any atom is 0.311 e. The van der Waals surface area contributed by atoms with E-state index < -0.39 is 0 Å². The molecule has 3 aliphatic rings. The molecule has 0 spiro atoms. The van der Waals surface area contributed by atoms with Crippen LogP contribution in [-0.4, -0.2) is 13.1 Å². The number of fused-ring (bicyclic) bond motifs is 3. The van der Waals surface area contributed by atoms with Gasteiger partial charge in [0.25, 0.3) is 0 Å². The first-order chi connectivity index (χ1) is 10.8. The van der Waals surface area contributed by atoms with Crippen molar-refractivity contribution in [2.45, 2.75) is 72.6 Å². The highest BCUT2D eigenvalue weighted by atomic mass is 16.5. The summed E-state index contributed by atoms with van der Waals surface area (Å²) in [4.78, 5) is 12.5. The van der Waals surface area contributed by atoms with E-state index in [4.69, 9.17) is 4.74 Å². The molecule has 2 nitrogen and oxygen atoms in total. The van der Waals surface area contributed by atoms with E-state index >= 15 is 0 Å².